The van der Waals surface area contributed by atoms with Gasteiger partial charge in [0.1, 0.15) is 5.56 Å². The van der Waals surface area contributed by atoms with Crippen molar-refractivity contribution >= 4 is 11.6 Å². The smallest absolute Gasteiger partial charge is 0.345 e. The molecule has 0 unspecified atom stereocenters. The molecule has 0 bridgehead atoms. The van der Waals surface area contributed by atoms with E-state index in [1.54, 1.807) is 13.0 Å². The van der Waals surface area contributed by atoms with Crippen molar-refractivity contribution in [1.82, 2.24) is 14.6 Å². The Bertz CT molecular complexity index is 1160. The number of fused-ring (bicyclic) bond motifs is 1. The Hall–Kier alpha value is -3.67. The van der Waals surface area contributed by atoms with E-state index in [0.717, 1.165) is 22.4 Å². The van der Waals surface area contributed by atoms with Crippen LogP contribution in [-0.2, 0) is 4.74 Å². The average molecular weight is 359 g/mol. The molecule has 2 aromatic carbocycles. The first-order valence-corrected chi connectivity index (χ1v) is 8.61. The van der Waals surface area contributed by atoms with Gasteiger partial charge in [-0.2, -0.15) is 0 Å². The Morgan fingerprint density at radius 3 is 2.41 bits per heavy atom. The molecule has 0 atom stereocenters. The highest BCUT2D eigenvalue weighted by Gasteiger charge is 2.16. The zero-order chi connectivity index (χ0) is 18.8. The lowest BCUT2D eigenvalue weighted by Crippen LogP contribution is -2.24. The molecule has 6 heteroatoms. The number of ether oxygens (including phenoxy) is 1. The molecule has 0 fully saturated rings. The Kier molecular flexibility index (Phi) is 4.30. The molecule has 6 nitrogen and oxygen atoms in total. The first-order valence-electron chi connectivity index (χ1n) is 8.61. The molecule has 0 spiro atoms. The summed E-state index contributed by atoms with van der Waals surface area (Å²) in [5.41, 5.74) is 3.76. The van der Waals surface area contributed by atoms with Gasteiger partial charge in [-0.15, -0.1) is 0 Å². The number of hydrogen-bond acceptors (Lipinski definition) is 4. The van der Waals surface area contributed by atoms with Crippen LogP contribution in [0.4, 0.5) is 0 Å². The monoisotopic (exact) mass is 359 g/mol. The molecule has 2 heterocycles. The molecule has 0 aliphatic heterocycles. The Morgan fingerprint density at radius 1 is 1.04 bits per heavy atom. The molecule has 0 amide bonds. The quantitative estimate of drug-likeness (QED) is 0.566. The highest BCUT2D eigenvalue weighted by molar-refractivity contribution is 5.88. The SMILES string of the molecule is CCOC(=O)c1cnc2cc(-c3ccc(-c4ccccc4)cc3)[nH]n2c1=O. The summed E-state index contributed by atoms with van der Waals surface area (Å²) in [7, 11) is 0. The molecule has 0 saturated heterocycles. The summed E-state index contributed by atoms with van der Waals surface area (Å²) in [5, 5.41) is 3.01. The standard InChI is InChI=1S/C21H17N3O3/c1-2-27-21(26)17-13-22-19-12-18(23-24(19)20(17)25)16-10-8-15(9-11-16)14-6-4-3-5-7-14/h3-13,23H,2H2,1H3. The van der Waals surface area contributed by atoms with Gasteiger partial charge in [0, 0.05) is 12.3 Å². The van der Waals surface area contributed by atoms with Gasteiger partial charge in [0.25, 0.3) is 5.56 Å². The van der Waals surface area contributed by atoms with Crippen molar-refractivity contribution in [2.45, 2.75) is 6.92 Å². The fourth-order valence-corrected chi connectivity index (χ4v) is 2.93. The van der Waals surface area contributed by atoms with Crippen molar-refractivity contribution in [3.05, 3.63) is 82.8 Å². The molecular formula is C21H17N3O3. The largest absolute Gasteiger partial charge is 0.462 e. The third-order valence-corrected chi connectivity index (χ3v) is 4.29. The minimum absolute atomic E-state index is 0.0952. The summed E-state index contributed by atoms with van der Waals surface area (Å²) >= 11 is 0. The topological polar surface area (TPSA) is 76.5 Å². The highest BCUT2D eigenvalue weighted by Crippen LogP contribution is 2.24. The van der Waals surface area contributed by atoms with Gasteiger partial charge < -0.3 is 4.74 Å². The van der Waals surface area contributed by atoms with Crippen LogP contribution in [0.3, 0.4) is 0 Å². The van der Waals surface area contributed by atoms with Crippen molar-refractivity contribution in [2.24, 2.45) is 0 Å². The number of aromatic amines is 1. The molecule has 0 aliphatic carbocycles. The minimum Gasteiger partial charge on any atom is -0.462 e. The summed E-state index contributed by atoms with van der Waals surface area (Å²) < 4.78 is 6.15. The van der Waals surface area contributed by atoms with E-state index in [1.807, 2.05) is 42.5 Å². The Labute approximate surface area is 155 Å². The van der Waals surface area contributed by atoms with Crippen molar-refractivity contribution < 1.29 is 9.53 Å². The summed E-state index contributed by atoms with van der Waals surface area (Å²) in [6.45, 7) is 1.89. The molecule has 4 rings (SSSR count). The first kappa shape index (κ1) is 16.8. The molecule has 134 valence electrons. The third kappa shape index (κ3) is 3.13. The van der Waals surface area contributed by atoms with E-state index in [2.05, 4.69) is 22.2 Å². The lowest BCUT2D eigenvalue weighted by Gasteiger charge is -2.03. The molecule has 0 radical (unpaired) electrons. The summed E-state index contributed by atoms with van der Waals surface area (Å²) in [5.74, 6) is -0.673. The van der Waals surface area contributed by atoms with Crippen LogP contribution in [0, 0.1) is 0 Å². The summed E-state index contributed by atoms with van der Waals surface area (Å²) in [6.07, 6.45) is 1.26. The highest BCUT2D eigenvalue weighted by atomic mass is 16.5. The van der Waals surface area contributed by atoms with Crippen LogP contribution >= 0.6 is 0 Å². The lowest BCUT2D eigenvalue weighted by atomic mass is 10.0. The van der Waals surface area contributed by atoms with Gasteiger partial charge >= 0.3 is 5.97 Å². The van der Waals surface area contributed by atoms with Gasteiger partial charge in [0.15, 0.2) is 5.65 Å². The van der Waals surface area contributed by atoms with E-state index in [4.69, 9.17) is 4.74 Å². The van der Waals surface area contributed by atoms with Gasteiger partial charge in [-0.25, -0.2) is 14.3 Å². The Morgan fingerprint density at radius 2 is 1.70 bits per heavy atom. The number of nitrogens with one attached hydrogen (secondary N) is 1. The maximum absolute atomic E-state index is 12.5. The van der Waals surface area contributed by atoms with Gasteiger partial charge in [0.05, 0.1) is 12.3 Å². The number of aromatic nitrogens is 3. The molecule has 0 aliphatic rings. The number of H-pyrrole nitrogens is 1. The van der Waals surface area contributed by atoms with Crippen molar-refractivity contribution in [2.75, 3.05) is 6.61 Å². The van der Waals surface area contributed by atoms with Crippen LogP contribution in [0.25, 0.3) is 28.0 Å². The Balaban J connectivity index is 1.71. The molecular weight excluding hydrogens is 342 g/mol. The van der Waals surface area contributed by atoms with E-state index in [9.17, 15) is 9.59 Å². The fraction of sp³-hybridized carbons (Fsp3) is 0.0952. The van der Waals surface area contributed by atoms with Gasteiger partial charge in [-0.3, -0.25) is 9.89 Å². The molecule has 27 heavy (non-hydrogen) atoms. The van der Waals surface area contributed by atoms with Crippen LogP contribution in [0.1, 0.15) is 17.3 Å². The number of esters is 1. The van der Waals surface area contributed by atoms with E-state index in [0.29, 0.717) is 5.65 Å². The van der Waals surface area contributed by atoms with Crippen LogP contribution in [0.15, 0.2) is 71.7 Å². The molecule has 1 N–H and O–H groups in total. The number of carbonyl (C=O) groups is 1. The molecule has 4 aromatic rings. The number of rotatable bonds is 4. The number of carbonyl (C=O) groups excluding carboxylic acids is 1. The van der Waals surface area contributed by atoms with Crippen LogP contribution in [0.5, 0.6) is 0 Å². The second-order valence-corrected chi connectivity index (χ2v) is 6.00. The normalized spacial score (nSPS) is 10.9. The number of hydrogen-bond donors (Lipinski definition) is 1. The number of nitrogens with zero attached hydrogens (tertiary/aromatic N) is 2. The van der Waals surface area contributed by atoms with Crippen LogP contribution in [0.2, 0.25) is 0 Å². The maximum Gasteiger partial charge on any atom is 0.345 e. The van der Waals surface area contributed by atoms with E-state index in [-0.39, 0.29) is 12.2 Å². The summed E-state index contributed by atoms with van der Waals surface area (Å²) in [4.78, 5) is 28.6. The maximum atomic E-state index is 12.5. The lowest BCUT2D eigenvalue weighted by molar-refractivity contribution is 0.0523. The van der Waals surface area contributed by atoms with Crippen molar-refractivity contribution in [3.63, 3.8) is 0 Å². The van der Waals surface area contributed by atoms with E-state index < -0.39 is 11.5 Å². The van der Waals surface area contributed by atoms with Crippen molar-refractivity contribution in [1.29, 1.82) is 0 Å². The minimum atomic E-state index is -0.673. The van der Waals surface area contributed by atoms with Gasteiger partial charge in [0.2, 0.25) is 0 Å². The molecule has 0 saturated carbocycles. The van der Waals surface area contributed by atoms with Crippen LogP contribution < -0.4 is 5.56 Å². The fourth-order valence-electron chi connectivity index (χ4n) is 2.93. The second kappa shape index (κ2) is 6.92. The predicted octanol–water partition coefficient (Wildman–Crippen LogP) is 3.53. The van der Waals surface area contributed by atoms with Gasteiger partial charge in [-0.05, 0) is 23.6 Å². The van der Waals surface area contributed by atoms with E-state index >= 15 is 0 Å². The van der Waals surface area contributed by atoms with E-state index in [1.165, 1.54) is 10.7 Å². The third-order valence-electron chi connectivity index (χ3n) is 4.29. The number of benzene rings is 2. The summed E-state index contributed by atoms with van der Waals surface area (Å²) in [6, 6.07) is 19.9. The van der Waals surface area contributed by atoms with Crippen molar-refractivity contribution in [3.8, 4) is 22.4 Å². The predicted molar refractivity (Wildman–Crippen MR) is 103 cm³/mol. The average Bonchev–Trinajstić information content (AvgIpc) is 3.14. The second-order valence-electron chi connectivity index (χ2n) is 6.00. The van der Waals surface area contributed by atoms with Gasteiger partial charge in [-0.1, -0.05) is 54.6 Å². The molecule has 2 aromatic heterocycles. The first-order chi connectivity index (χ1) is 13.2. The zero-order valence-electron chi connectivity index (χ0n) is 14.7. The van der Waals surface area contributed by atoms with Crippen LogP contribution in [-0.4, -0.2) is 27.2 Å². The zero-order valence-corrected chi connectivity index (χ0v) is 14.7.